The summed E-state index contributed by atoms with van der Waals surface area (Å²) in [7, 11) is 1.61. The van der Waals surface area contributed by atoms with E-state index in [9.17, 15) is 18.4 Å². The number of rotatable bonds is 7. The largest absolute Gasteiger partial charge is 0.433 e. The number of amides is 2. The van der Waals surface area contributed by atoms with Crippen LogP contribution in [-0.4, -0.2) is 49.0 Å². The average molecular weight is 343 g/mol. The van der Waals surface area contributed by atoms with Crippen molar-refractivity contribution >= 4 is 17.5 Å². The van der Waals surface area contributed by atoms with Gasteiger partial charge in [-0.05, 0) is 40.0 Å². The second-order valence-corrected chi connectivity index (χ2v) is 6.39. The molecule has 0 aliphatic heterocycles. The highest BCUT2D eigenvalue weighted by Crippen LogP contribution is 2.25. The van der Waals surface area contributed by atoms with Gasteiger partial charge in [0.25, 0.3) is 0 Å². The summed E-state index contributed by atoms with van der Waals surface area (Å²) in [6, 6.07) is 5.91. The lowest BCUT2D eigenvalue weighted by atomic mass is 10.1. The van der Waals surface area contributed by atoms with Gasteiger partial charge in [-0.1, -0.05) is 12.1 Å². The maximum Gasteiger partial charge on any atom is 0.387 e. The lowest BCUT2D eigenvalue weighted by Crippen LogP contribution is -2.46. The number of halogens is 2. The summed E-state index contributed by atoms with van der Waals surface area (Å²) < 4.78 is 29.0. The summed E-state index contributed by atoms with van der Waals surface area (Å²) in [4.78, 5) is 25.3. The number of hydrogen-bond acceptors (Lipinski definition) is 4. The van der Waals surface area contributed by atoms with E-state index in [1.807, 2.05) is 20.8 Å². The minimum Gasteiger partial charge on any atom is -0.433 e. The molecule has 0 saturated heterocycles. The Labute approximate surface area is 140 Å². The fourth-order valence-electron chi connectivity index (χ4n) is 1.96. The summed E-state index contributed by atoms with van der Waals surface area (Å²) in [5, 5.41) is 5.29. The Kier molecular flexibility index (Phi) is 7.09. The summed E-state index contributed by atoms with van der Waals surface area (Å²) in [5.74, 6) is -0.764. The van der Waals surface area contributed by atoms with Gasteiger partial charge in [0.15, 0.2) is 0 Å². The van der Waals surface area contributed by atoms with E-state index < -0.39 is 12.5 Å². The number of alkyl halides is 2. The molecule has 0 bridgehead atoms. The Morgan fingerprint density at radius 3 is 2.33 bits per heavy atom. The second-order valence-electron chi connectivity index (χ2n) is 6.39. The molecular formula is C16H23F2N3O3. The predicted octanol–water partition coefficient (Wildman–Crippen LogP) is 2.07. The van der Waals surface area contributed by atoms with Gasteiger partial charge in [-0.3, -0.25) is 14.5 Å². The number of para-hydroxylation sites is 2. The smallest absolute Gasteiger partial charge is 0.387 e. The number of nitrogens with one attached hydrogen (secondary N) is 2. The van der Waals surface area contributed by atoms with Crippen LogP contribution in [0, 0.1) is 0 Å². The van der Waals surface area contributed by atoms with E-state index in [0.717, 1.165) is 0 Å². The highest BCUT2D eigenvalue weighted by atomic mass is 19.3. The quantitative estimate of drug-likeness (QED) is 0.795. The molecule has 0 radical (unpaired) electrons. The first-order valence-corrected chi connectivity index (χ1v) is 7.40. The molecule has 1 aromatic carbocycles. The second kappa shape index (κ2) is 8.58. The molecule has 0 saturated carbocycles. The molecule has 0 aromatic heterocycles. The van der Waals surface area contributed by atoms with Gasteiger partial charge in [-0.15, -0.1) is 0 Å². The van der Waals surface area contributed by atoms with Gasteiger partial charge in [-0.25, -0.2) is 0 Å². The third kappa shape index (κ3) is 7.87. The van der Waals surface area contributed by atoms with Crippen molar-refractivity contribution < 1.29 is 23.1 Å². The Morgan fingerprint density at radius 1 is 1.17 bits per heavy atom. The topological polar surface area (TPSA) is 70.7 Å². The van der Waals surface area contributed by atoms with Crippen molar-refractivity contribution in [1.29, 1.82) is 0 Å². The van der Waals surface area contributed by atoms with E-state index in [1.54, 1.807) is 13.1 Å². The van der Waals surface area contributed by atoms with Crippen molar-refractivity contribution in [1.82, 2.24) is 10.2 Å². The molecule has 24 heavy (non-hydrogen) atoms. The number of anilines is 1. The molecule has 1 rings (SSSR count). The Balaban J connectivity index is 2.56. The number of ether oxygens (including phenoxy) is 1. The molecule has 2 amide bonds. The van der Waals surface area contributed by atoms with E-state index in [1.165, 1.54) is 23.1 Å². The third-order valence-electron chi connectivity index (χ3n) is 2.72. The zero-order chi connectivity index (χ0) is 18.3. The molecule has 0 spiro atoms. The minimum absolute atomic E-state index is 0.0415. The molecule has 0 heterocycles. The molecule has 8 heteroatoms. The Hall–Kier alpha value is -2.22. The lowest BCUT2D eigenvalue weighted by molar-refractivity contribution is -0.124. The van der Waals surface area contributed by atoms with Gasteiger partial charge in [0, 0.05) is 5.54 Å². The van der Waals surface area contributed by atoms with E-state index in [-0.39, 0.29) is 36.0 Å². The van der Waals surface area contributed by atoms with Crippen LogP contribution < -0.4 is 15.4 Å². The number of hydrogen-bond donors (Lipinski definition) is 2. The molecule has 0 atom stereocenters. The van der Waals surface area contributed by atoms with Crippen LogP contribution in [0.4, 0.5) is 14.5 Å². The first-order valence-electron chi connectivity index (χ1n) is 7.40. The first-order chi connectivity index (χ1) is 11.1. The van der Waals surface area contributed by atoms with Gasteiger partial charge in [0.2, 0.25) is 11.8 Å². The maximum atomic E-state index is 12.3. The van der Waals surface area contributed by atoms with Gasteiger partial charge in [0.1, 0.15) is 5.75 Å². The molecule has 0 unspecified atom stereocenters. The minimum atomic E-state index is -2.98. The summed E-state index contributed by atoms with van der Waals surface area (Å²) in [5.41, 5.74) is -0.207. The van der Waals surface area contributed by atoms with Crippen molar-refractivity contribution in [3.63, 3.8) is 0 Å². The summed E-state index contributed by atoms with van der Waals surface area (Å²) in [6.07, 6.45) is 0. The van der Waals surface area contributed by atoms with Crippen molar-refractivity contribution in [3.8, 4) is 5.75 Å². The van der Waals surface area contributed by atoms with Crippen molar-refractivity contribution in [2.24, 2.45) is 0 Å². The van der Waals surface area contributed by atoms with E-state index in [2.05, 4.69) is 15.4 Å². The Bertz CT molecular complexity index is 574. The van der Waals surface area contributed by atoms with E-state index >= 15 is 0 Å². The van der Waals surface area contributed by atoms with E-state index in [0.29, 0.717) is 0 Å². The van der Waals surface area contributed by atoms with Crippen LogP contribution in [0.1, 0.15) is 20.8 Å². The fraction of sp³-hybridized carbons (Fsp3) is 0.500. The number of carbonyl (C=O) groups excluding carboxylic acids is 2. The molecule has 6 nitrogen and oxygen atoms in total. The maximum absolute atomic E-state index is 12.3. The van der Waals surface area contributed by atoms with Gasteiger partial charge in [0.05, 0.1) is 18.8 Å². The third-order valence-corrected chi connectivity index (χ3v) is 2.72. The number of benzene rings is 1. The van der Waals surface area contributed by atoms with Crippen molar-refractivity contribution in [3.05, 3.63) is 24.3 Å². The van der Waals surface area contributed by atoms with Crippen LogP contribution in [0.15, 0.2) is 24.3 Å². The zero-order valence-corrected chi connectivity index (χ0v) is 14.2. The number of likely N-dealkylation sites (N-methyl/N-ethyl adjacent to an activating group) is 1. The first kappa shape index (κ1) is 19.8. The van der Waals surface area contributed by atoms with Crippen LogP contribution >= 0.6 is 0 Å². The van der Waals surface area contributed by atoms with Crippen molar-refractivity contribution in [2.75, 3.05) is 25.5 Å². The highest BCUT2D eigenvalue weighted by molar-refractivity contribution is 5.94. The molecule has 0 aliphatic rings. The average Bonchev–Trinajstić information content (AvgIpc) is 2.37. The van der Waals surface area contributed by atoms with Gasteiger partial charge < -0.3 is 15.4 Å². The van der Waals surface area contributed by atoms with Crippen LogP contribution in [0.25, 0.3) is 0 Å². The molecule has 0 fully saturated rings. The fourth-order valence-corrected chi connectivity index (χ4v) is 1.96. The summed E-state index contributed by atoms with van der Waals surface area (Å²) >= 11 is 0. The standard InChI is InChI=1S/C16H23F2N3O3/c1-16(2,3)20-14(23)10-21(4)9-13(22)19-11-7-5-6-8-12(11)24-15(17)18/h5-8,15H,9-10H2,1-4H3,(H,19,22)(H,20,23). The molecule has 0 aliphatic carbocycles. The van der Waals surface area contributed by atoms with E-state index in [4.69, 9.17) is 0 Å². The van der Waals surface area contributed by atoms with Gasteiger partial charge >= 0.3 is 6.61 Å². The molecular weight excluding hydrogens is 320 g/mol. The molecule has 2 N–H and O–H groups in total. The van der Waals surface area contributed by atoms with Crippen LogP contribution in [-0.2, 0) is 9.59 Å². The van der Waals surface area contributed by atoms with Crippen LogP contribution in [0.5, 0.6) is 5.75 Å². The zero-order valence-electron chi connectivity index (χ0n) is 14.2. The summed E-state index contributed by atoms with van der Waals surface area (Å²) in [6.45, 7) is 2.57. The molecule has 1 aromatic rings. The normalized spacial score (nSPS) is 11.5. The van der Waals surface area contributed by atoms with Crippen molar-refractivity contribution in [2.45, 2.75) is 32.9 Å². The Morgan fingerprint density at radius 2 is 1.75 bits per heavy atom. The highest BCUT2D eigenvalue weighted by Gasteiger charge is 2.17. The number of nitrogens with zero attached hydrogens (tertiary/aromatic N) is 1. The monoisotopic (exact) mass is 343 g/mol. The number of carbonyl (C=O) groups is 2. The van der Waals surface area contributed by atoms with Crippen LogP contribution in [0.3, 0.4) is 0 Å². The van der Waals surface area contributed by atoms with Crippen LogP contribution in [0.2, 0.25) is 0 Å². The SMILES string of the molecule is CN(CC(=O)Nc1ccccc1OC(F)F)CC(=O)NC(C)(C)C. The predicted molar refractivity (Wildman–Crippen MR) is 87.1 cm³/mol. The molecule has 134 valence electrons. The lowest BCUT2D eigenvalue weighted by Gasteiger charge is -2.23. The van der Waals surface area contributed by atoms with Gasteiger partial charge in [-0.2, -0.15) is 8.78 Å².